The zero-order chi connectivity index (χ0) is 14.2. The van der Waals surface area contributed by atoms with Crippen LogP contribution in [0.4, 0.5) is 13.2 Å². The van der Waals surface area contributed by atoms with Crippen molar-refractivity contribution in [2.75, 3.05) is 0 Å². The summed E-state index contributed by atoms with van der Waals surface area (Å²) >= 11 is 5.82. The molecule has 8 heteroatoms. The van der Waals surface area contributed by atoms with Gasteiger partial charge in [-0.25, -0.2) is 4.79 Å². The molecular weight excluding hydrogens is 287 g/mol. The maximum Gasteiger partial charge on any atom is 0.573 e. The summed E-state index contributed by atoms with van der Waals surface area (Å²) in [6.07, 6.45) is -3.80. The summed E-state index contributed by atoms with van der Waals surface area (Å²) in [4.78, 5) is 14.6. The molecule has 0 unspecified atom stereocenters. The first kappa shape index (κ1) is 13.4. The number of halogens is 4. The van der Waals surface area contributed by atoms with Gasteiger partial charge in [0.2, 0.25) is 0 Å². The summed E-state index contributed by atoms with van der Waals surface area (Å²) in [5.74, 6) is -1.81. The fourth-order valence-electron chi connectivity index (χ4n) is 1.49. The SMILES string of the molecule is O=C(O)c1cnc2ccc(OC(F)(F)F)cc2c1Cl. The Kier molecular flexibility index (Phi) is 3.23. The van der Waals surface area contributed by atoms with Gasteiger partial charge in [-0.1, -0.05) is 11.6 Å². The predicted molar refractivity (Wildman–Crippen MR) is 60.4 cm³/mol. The van der Waals surface area contributed by atoms with Crippen LogP contribution in [0.1, 0.15) is 10.4 Å². The molecule has 0 spiro atoms. The maximum absolute atomic E-state index is 12.1. The van der Waals surface area contributed by atoms with Gasteiger partial charge in [-0.3, -0.25) is 4.98 Å². The first-order valence-electron chi connectivity index (χ1n) is 4.85. The zero-order valence-electron chi connectivity index (χ0n) is 9.03. The number of aromatic nitrogens is 1. The number of carbonyl (C=O) groups is 1. The lowest BCUT2D eigenvalue weighted by Crippen LogP contribution is -2.17. The van der Waals surface area contributed by atoms with Gasteiger partial charge >= 0.3 is 12.3 Å². The Morgan fingerprint density at radius 1 is 1.37 bits per heavy atom. The topological polar surface area (TPSA) is 59.4 Å². The quantitative estimate of drug-likeness (QED) is 0.920. The second kappa shape index (κ2) is 4.58. The highest BCUT2D eigenvalue weighted by Gasteiger charge is 2.31. The number of hydrogen-bond acceptors (Lipinski definition) is 3. The minimum absolute atomic E-state index is 0.0725. The number of nitrogens with zero attached hydrogens (tertiary/aromatic N) is 1. The molecule has 0 radical (unpaired) electrons. The molecule has 0 bridgehead atoms. The van der Waals surface area contributed by atoms with E-state index < -0.39 is 18.1 Å². The van der Waals surface area contributed by atoms with Gasteiger partial charge in [0.1, 0.15) is 5.75 Å². The molecule has 0 atom stereocenters. The Hall–Kier alpha value is -2.02. The summed E-state index contributed by atoms with van der Waals surface area (Å²) in [6, 6.07) is 3.32. The number of fused-ring (bicyclic) bond motifs is 1. The molecule has 100 valence electrons. The first-order chi connectivity index (χ1) is 8.78. The van der Waals surface area contributed by atoms with Crippen LogP contribution in [0.5, 0.6) is 5.75 Å². The third-order valence-corrected chi connectivity index (χ3v) is 2.64. The molecule has 4 nitrogen and oxygen atoms in total. The molecule has 0 saturated carbocycles. The number of carboxylic acids is 1. The molecule has 0 saturated heterocycles. The average molecular weight is 292 g/mol. The lowest BCUT2D eigenvalue weighted by molar-refractivity contribution is -0.274. The second-order valence-corrected chi connectivity index (χ2v) is 3.90. The van der Waals surface area contributed by atoms with E-state index in [1.807, 2.05) is 0 Å². The molecule has 0 fully saturated rings. The molecular formula is C11H5ClF3NO3. The van der Waals surface area contributed by atoms with Gasteiger partial charge in [0, 0.05) is 11.6 Å². The smallest absolute Gasteiger partial charge is 0.478 e. The van der Waals surface area contributed by atoms with Crippen LogP contribution in [0, 0.1) is 0 Å². The zero-order valence-corrected chi connectivity index (χ0v) is 9.79. The summed E-state index contributed by atoms with van der Waals surface area (Å²) in [6.45, 7) is 0. The number of carboxylic acid groups (broad SMARTS) is 1. The lowest BCUT2D eigenvalue weighted by Gasteiger charge is -2.10. The second-order valence-electron chi connectivity index (χ2n) is 3.52. The van der Waals surface area contributed by atoms with Crippen molar-refractivity contribution in [2.45, 2.75) is 6.36 Å². The highest BCUT2D eigenvalue weighted by atomic mass is 35.5. The van der Waals surface area contributed by atoms with Crippen LogP contribution in [0.2, 0.25) is 5.02 Å². The van der Waals surface area contributed by atoms with Crippen molar-refractivity contribution >= 4 is 28.5 Å². The number of hydrogen-bond donors (Lipinski definition) is 1. The van der Waals surface area contributed by atoms with E-state index in [1.54, 1.807) is 0 Å². The van der Waals surface area contributed by atoms with Crippen molar-refractivity contribution in [3.8, 4) is 5.75 Å². The van der Waals surface area contributed by atoms with Crippen LogP contribution >= 0.6 is 11.6 Å². The van der Waals surface area contributed by atoms with E-state index in [1.165, 1.54) is 6.07 Å². The van der Waals surface area contributed by atoms with E-state index >= 15 is 0 Å². The van der Waals surface area contributed by atoms with E-state index in [9.17, 15) is 18.0 Å². The van der Waals surface area contributed by atoms with Crippen molar-refractivity contribution < 1.29 is 27.8 Å². The lowest BCUT2D eigenvalue weighted by atomic mass is 10.1. The van der Waals surface area contributed by atoms with Gasteiger partial charge in [-0.05, 0) is 18.2 Å². The molecule has 0 aliphatic rings. The fourth-order valence-corrected chi connectivity index (χ4v) is 1.77. The summed E-state index contributed by atoms with van der Waals surface area (Å²) in [7, 11) is 0. The number of rotatable bonds is 2. The van der Waals surface area contributed by atoms with Gasteiger partial charge < -0.3 is 9.84 Å². The van der Waals surface area contributed by atoms with Crippen LogP contribution < -0.4 is 4.74 Å². The first-order valence-corrected chi connectivity index (χ1v) is 5.23. The third kappa shape index (κ3) is 2.87. The van der Waals surface area contributed by atoms with Crippen LogP contribution in [0.25, 0.3) is 10.9 Å². The number of benzene rings is 1. The molecule has 19 heavy (non-hydrogen) atoms. The van der Waals surface area contributed by atoms with Crippen molar-refractivity contribution in [1.82, 2.24) is 4.98 Å². The normalized spacial score (nSPS) is 11.6. The molecule has 0 aliphatic heterocycles. The molecule has 1 aromatic heterocycles. The maximum atomic E-state index is 12.1. The van der Waals surface area contributed by atoms with Crippen LogP contribution in [0.3, 0.4) is 0 Å². The van der Waals surface area contributed by atoms with Crippen molar-refractivity contribution in [2.24, 2.45) is 0 Å². The van der Waals surface area contributed by atoms with Crippen LogP contribution in [-0.2, 0) is 0 Å². The van der Waals surface area contributed by atoms with E-state index in [2.05, 4.69) is 9.72 Å². The Morgan fingerprint density at radius 3 is 2.63 bits per heavy atom. The van der Waals surface area contributed by atoms with Crippen LogP contribution in [-0.4, -0.2) is 22.4 Å². The minimum Gasteiger partial charge on any atom is -0.478 e. The fraction of sp³-hybridized carbons (Fsp3) is 0.0909. The third-order valence-electron chi connectivity index (χ3n) is 2.24. The van der Waals surface area contributed by atoms with E-state index in [0.717, 1.165) is 18.3 Å². The summed E-state index contributed by atoms with van der Waals surface area (Å²) in [5.41, 5.74) is -0.0251. The monoisotopic (exact) mass is 291 g/mol. The van der Waals surface area contributed by atoms with Gasteiger partial charge in [0.15, 0.2) is 0 Å². The molecule has 1 N–H and O–H groups in total. The molecule has 2 aromatic rings. The Bertz CT molecular complexity index is 657. The highest BCUT2D eigenvalue weighted by Crippen LogP contribution is 2.31. The van der Waals surface area contributed by atoms with E-state index in [0.29, 0.717) is 0 Å². The molecule has 2 rings (SSSR count). The van der Waals surface area contributed by atoms with Gasteiger partial charge in [0.25, 0.3) is 0 Å². The van der Waals surface area contributed by atoms with Gasteiger partial charge in [-0.15, -0.1) is 13.2 Å². The Labute approximate surface area is 109 Å². The number of pyridine rings is 1. The number of alkyl halides is 3. The molecule has 0 aliphatic carbocycles. The van der Waals surface area contributed by atoms with Crippen LogP contribution in [0.15, 0.2) is 24.4 Å². The molecule has 0 amide bonds. The van der Waals surface area contributed by atoms with Gasteiger partial charge in [-0.2, -0.15) is 0 Å². The number of ether oxygens (including phenoxy) is 1. The highest BCUT2D eigenvalue weighted by molar-refractivity contribution is 6.38. The molecule has 1 aromatic carbocycles. The largest absolute Gasteiger partial charge is 0.573 e. The van der Waals surface area contributed by atoms with E-state index in [4.69, 9.17) is 16.7 Å². The molecule has 1 heterocycles. The van der Waals surface area contributed by atoms with Crippen molar-refractivity contribution in [3.63, 3.8) is 0 Å². The average Bonchev–Trinajstić information content (AvgIpc) is 2.27. The Balaban J connectivity index is 2.57. The Morgan fingerprint density at radius 2 is 2.05 bits per heavy atom. The van der Waals surface area contributed by atoms with Gasteiger partial charge in [0.05, 0.1) is 16.1 Å². The van der Waals surface area contributed by atoms with Crippen molar-refractivity contribution in [1.29, 1.82) is 0 Å². The minimum atomic E-state index is -4.84. The summed E-state index contributed by atoms with van der Waals surface area (Å²) < 4.78 is 40.0. The number of aromatic carboxylic acids is 1. The summed E-state index contributed by atoms with van der Waals surface area (Å²) in [5, 5.41) is 8.73. The van der Waals surface area contributed by atoms with Crippen molar-refractivity contribution in [3.05, 3.63) is 35.0 Å². The van der Waals surface area contributed by atoms with E-state index in [-0.39, 0.29) is 21.5 Å². The standard InChI is InChI=1S/C11H5ClF3NO3/c12-9-6-3-5(19-11(13,14)15)1-2-8(6)16-4-7(9)10(17)18/h1-4H,(H,17,18). The predicted octanol–water partition coefficient (Wildman–Crippen LogP) is 3.49.